The highest BCUT2D eigenvalue weighted by atomic mass is 79.9. The largest absolute Gasteiger partial charge is 0.398 e. The highest BCUT2D eigenvalue weighted by molar-refractivity contribution is 9.10. The lowest BCUT2D eigenvalue weighted by Crippen LogP contribution is -2.21. The molecule has 1 saturated heterocycles. The molecule has 2 nitrogen and oxygen atoms in total. The third-order valence-corrected chi connectivity index (χ3v) is 4.37. The normalized spacial score (nSPS) is 20.9. The van der Waals surface area contributed by atoms with Crippen molar-refractivity contribution in [2.24, 2.45) is 0 Å². The molecule has 1 aliphatic rings. The van der Waals surface area contributed by atoms with Gasteiger partial charge < -0.3 is 10.5 Å². The molecule has 0 amide bonds. The fourth-order valence-corrected chi connectivity index (χ4v) is 3.34. The number of hydrogen-bond acceptors (Lipinski definition) is 3. The van der Waals surface area contributed by atoms with Crippen molar-refractivity contribution >= 4 is 33.4 Å². The Morgan fingerprint density at radius 3 is 3.06 bits per heavy atom. The van der Waals surface area contributed by atoms with Crippen molar-refractivity contribution < 1.29 is 4.74 Å². The molecular formula is C12H16BrNOS. The minimum atomic E-state index is 0.400. The average Bonchev–Trinajstić information content (AvgIpc) is 2.32. The van der Waals surface area contributed by atoms with E-state index in [2.05, 4.69) is 22.0 Å². The van der Waals surface area contributed by atoms with Crippen molar-refractivity contribution in [3.63, 3.8) is 0 Å². The number of benzene rings is 1. The van der Waals surface area contributed by atoms with Gasteiger partial charge in [0.25, 0.3) is 0 Å². The summed E-state index contributed by atoms with van der Waals surface area (Å²) in [5.74, 6) is 1.00. The van der Waals surface area contributed by atoms with Gasteiger partial charge >= 0.3 is 0 Å². The molecule has 1 fully saturated rings. The summed E-state index contributed by atoms with van der Waals surface area (Å²) < 4.78 is 6.77. The first-order valence-electron chi connectivity index (χ1n) is 5.55. The van der Waals surface area contributed by atoms with E-state index in [-0.39, 0.29) is 0 Å². The fraction of sp³-hybridized carbons (Fsp3) is 0.500. The van der Waals surface area contributed by atoms with Crippen molar-refractivity contribution in [2.45, 2.75) is 30.3 Å². The Morgan fingerprint density at radius 2 is 2.31 bits per heavy atom. The minimum Gasteiger partial charge on any atom is -0.398 e. The molecule has 1 unspecified atom stereocenters. The van der Waals surface area contributed by atoms with Crippen LogP contribution in [0.15, 0.2) is 27.6 Å². The molecule has 0 spiro atoms. The lowest BCUT2D eigenvalue weighted by Gasteiger charge is -2.22. The minimum absolute atomic E-state index is 0.400. The second-order valence-corrected chi connectivity index (χ2v) is 5.96. The number of hydrogen-bond donors (Lipinski definition) is 1. The maximum absolute atomic E-state index is 5.92. The van der Waals surface area contributed by atoms with Crippen molar-refractivity contribution in [1.82, 2.24) is 0 Å². The molecule has 1 heterocycles. The van der Waals surface area contributed by atoms with Crippen LogP contribution in [0.2, 0.25) is 0 Å². The summed E-state index contributed by atoms with van der Waals surface area (Å²) in [6, 6.07) is 5.98. The van der Waals surface area contributed by atoms with E-state index in [9.17, 15) is 0 Å². The van der Waals surface area contributed by atoms with Crippen LogP contribution in [0.5, 0.6) is 0 Å². The predicted octanol–water partition coefficient (Wildman–Crippen LogP) is 3.69. The molecule has 2 N–H and O–H groups in total. The Bertz CT molecular complexity index is 353. The second-order valence-electron chi connectivity index (χ2n) is 3.98. The van der Waals surface area contributed by atoms with Gasteiger partial charge in [-0.05, 0) is 37.5 Å². The number of rotatable bonds is 3. The Hall–Kier alpha value is -0.190. The molecule has 1 aliphatic heterocycles. The summed E-state index contributed by atoms with van der Waals surface area (Å²) in [4.78, 5) is 1.14. The van der Waals surface area contributed by atoms with Crippen LogP contribution in [-0.2, 0) is 4.74 Å². The Balaban J connectivity index is 1.90. The SMILES string of the molecule is Nc1ccc(Br)cc1SCC1CCCCO1. The summed E-state index contributed by atoms with van der Waals surface area (Å²) in [7, 11) is 0. The van der Waals surface area contributed by atoms with Gasteiger partial charge in [0, 0.05) is 27.4 Å². The molecule has 88 valence electrons. The zero-order valence-corrected chi connectivity index (χ0v) is 11.5. The molecule has 0 aromatic heterocycles. The third kappa shape index (κ3) is 3.40. The Labute approximate surface area is 109 Å². The molecule has 0 bridgehead atoms. The highest BCUT2D eigenvalue weighted by Gasteiger charge is 2.14. The molecule has 0 aliphatic carbocycles. The van der Waals surface area contributed by atoms with Crippen LogP contribution < -0.4 is 5.73 Å². The molecule has 0 saturated carbocycles. The van der Waals surface area contributed by atoms with Gasteiger partial charge in [0.15, 0.2) is 0 Å². The number of thioether (sulfide) groups is 1. The highest BCUT2D eigenvalue weighted by Crippen LogP contribution is 2.30. The maximum atomic E-state index is 5.92. The van der Waals surface area contributed by atoms with Crippen LogP contribution in [0, 0.1) is 0 Å². The van der Waals surface area contributed by atoms with Crippen LogP contribution in [0.3, 0.4) is 0 Å². The van der Waals surface area contributed by atoms with E-state index in [1.807, 2.05) is 12.1 Å². The summed E-state index contributed by atoms with van der Waals surface area (Å²) >= 11 is 5.25. The average molecular weight is 302 g/mol. The van der Waals surface area contributed by atoms with Crippen molar-refractivity contribution in [2.75, 3.05) is 18.1 Å². The molecular weight excluding hydrogens is 286 g/mol. The van der Waals surface area contributed by atoms with Crippen LogP contribution >= 0.6 is 27.7 Å². The lowest BCUT2D eigenvalue weighted by molar-refractivity contribution is 0.0315. The Morgan fingerprint density at radius 1 is 1.44 bits per heavy atom. The van der Waals surface area contributed by atoms with E-state index in [1.165, 1.54) is 19.3 Å². The zero-order valence-electron chi connectivity index (χ0n) is 9.12. The van der Waals surface area contributed by atoms with Gasteiger partial charge in [-0.2, -0.15) is 0 Å². The third-order valence-electron chi connectivity index (χ3n) is 2.67. The number of ether oxygens (including phenoxy) is 1. The zero-order chi connectivity index (χ0) is 11.4. The van der Waals surface area contributed by atoms with Gasteiger partial charge in [-0.25, -0.2) is 0 Å². The van der Waals surface area contributed by atoms with Crippen LogP contribution in [0.4, 0.5) is 5.69 Å². The first kappa shape index (κ1) is 12.3. The number of nitrogens with two attached hydrogens (primary N) is 1. The molecule has 1 aromatic rings. The first-order valence-corrected chi connectivity index (χ1v) is 7.33. The molecule has 1 aromatic carbocycles. The van der Waals surface area contributed by atoms with Crippen LogP contribution in [0.1, 0.15) is 19.3 Å². The standard InChI is InChI=1S/C12H16BrNOS/c13-9-4-5-11(14)12(7-9)16-8-10-3-1-2-6-15-10/h4-5,7,10H,1-3,6,8,14H2. The molecule has 2 rings (SSSR count). The topological polar surface area (TPSA) is 35.2 Å². The van der Waals surface area contributed by atoms with E-state index < -0.39 is 0 Å². The Kier molecular flexibility index (Phi) is 4.55. The number of anilines is 1. The predicted molar refractivity (Wildman–Crippen MR) is 72.9 cm³/mol. The molecule has 1 atom stereocenters. The van der Waals surface area contributed by atoms with Crippen molar-refractivity contribution in [1.29, 1.82) is 0 Å². The summed E-state index contributed by atoms with van der Waals surface area (Å²) in [6.45, 7) is 0.916. The van der Waals surface area contributed by atoms with Crippen LogP contribution in [0.25, 0.3) is 0 Å². The fourth-order valence-electron chi connectivity index (χ4n) is 1.75. The smallest absolute Gasteiger partial charge is 0.0669 e. The van der Waals surface area contributed by atoms with Gasteiger partial charge in [-0.15, -0.1) is 11.8 Å². The summed E-state index contributed by atoms with van der Waals surface area (Å²) in [5, 5.41) is 0. The second kappa shape index (κ2) is 5.94. The van der Waals surface area contributed by atoms with Gasteiger partial charge in [-0.3, -0.25) is 0 Å². The molecule has 4 heteroatoms. The quantitative estimate of drug-likeness (QED) is 0.683. The molecule has 16 heavy (non-hydrogen) atoms. The lowest BCUT2D eigenvalue weighted by atomic mass is 10.1. The van der Waals surface area contributed by atoms with Crippen LogP contribution in [-0.4, -0.2) is 18.5 Å². The van der Waals surface area contributed by atoms with E-state index in [0.29, 0.717) is 6.10 Å². The van der Waals surface area contributed by atoms with Gasteiger partial charge in [0.2, 0.25) is 0 Å². The van der Waals surface area contributed by atoms with Crippen molar-refractivity contribution in [3.8, 4) is 0 Å². The molecule has 0 radical (unpaired) electrons. The summed E-state index contributed by atoms with van der Waals surface area (Å²) in [5.41, 5.74) is 6.77. The van der Waals surface area contributed by atoms with Gasteiger partial charge in [-0.1, -0.05) is 15.9 Å². The van der Waals surface area contributed by atoms with Crippen molar-refractivity contribution in [3.05, 3.63) is 22.7 Å². The summed E-state index contributed by atoms with van der Waals surface area (Å²) in [6.07, 6.45) is 4.08. The maximum Gasteiger partial charge on any atom is 0.0669 e. The number of halogens is 1. The van der Waals surface area contributed by atoms with E-state index in [4.69, 9.17) is 10.5 Å². The van der Waals surface area contributed by atoms with E-state index >= 15 is 0 Å². The van der Waals surface area contributed by atoms with E-state index in [0.717, 1.165) is 27.4 Å². The first-order chi connectivity index (χ1) is 7.75. The van der Waals surface area contributed by atoms with E-state index in [1.54, 1.807) is 11.8 Å². The van der Waals surface area contributed by atoms with Gasteiger partial charge in [0.1, 0.15) is 0 Å². The number of nitrogen functional groups attached to an aromatic ring is 1. The van der Waals surface area contributed by atoms with Gasteiger partial charge in [0.05, 0.1) is 6.10 Å². The monoisotopic (exact) mass is 301 g/mol.